The largest absolute Gasteiger partial charge is 1.00 e. The minimum atomic E-state index is 0. The number of halogens is 1. The molecule has 0 fully saturated rings. The molecule has 0 bridgehead atoms. The van der Waals surface area contributed by atoms with Gasteiger partial charge in [-0.05, 0) is 6.92 Å². The normalized spacial score (nSPS) is 7.80. The first kappa shape index (κ1) is 13.1. The number of aromatic amines is 1. The maximum Gasteiger partial charge on any atom is 1.00 e. The Kier molecular flexibility index (Phi) is 8.17. The van der Waals surface area contributed by atoms with Gasteiger partial charge in [-0.3, -0.25) is 0 Å². The molecular weight excluding hydrogens is 159 g/mol. The van der Waals surface area contributed by atoms with Crippen LogP contribution in [0.2, 0.25) is 0 Å². The first-order valence-corrected chi connectivity index (χ1v) is 2.84. The fraction of sp³-hybridized carbons (Fsp3) is 0.500. The molecule has 4 heteroatoms. The molecule has 10 heavy (non-hydrogen) atoms. The van der Waals surface area contributed by atoms with Crippen LogP contribution in [-0.2, 0) is 6.42 Å². The number of rotatable bonds is 1. The Hall–Kier alpha value is 0.500. The third-order valence-corrected chi connectivity index (χ3v) is 1.09. The van der Waals surface area contributed by atoms with Gasteiger partial charge in [-0.1, -0.05) is 6.92 Å². The van der Waals surface area contributed by atoms with Gasteiger partial charge in [-0.2, -0.15) is 0 Å². The van der Waals surface area contributed by atoms with E-state index in [1.807, 2.05) is 13.1 Å². The third-order valence-electron chi connectivity index (χ3n) is 1.09. The standard InChI is InChI=1S/C6H10N2.ClH.Na/c1-3-6-7-4-5(2)8-6;;/h4H,3H2,1-2H3,(H,7,8);1H;/q;;+1/p-1. The van der Waals surface area contributed by atoms with Crippen LogP contribution < -0.4 is 42.0 Å². The topological polar surface area (TPSA) is 28.7 Å². The van der Waals surface area contributed by atoms with E-state index in [-0.39, 0.29) is 42.0 Å². The van der Waals surface area contributed by atoms with Crippen molar-refractivity contribution in [3.63, 3.8) is 0 Å². The summed E-state index contributed by atoms with van der Waals surface area (Å²) < 4.78 is 0. The number of nitrogens with zero attached hydrogens (tertiary/aromatic N) is 1. The van der Waals surface area contributed by atoms with E-state index in [9.17, 15) is 0 Å². The Morgan fingerprint density at radius 2 is 2.20 bits per heavy atom. The molecule has 1 aromatic rings. The monoisotopic (exact) mass is 168 g/mol. The summed E-state index contributed by atoms with van der Waals surface area (Å²) in [4.78, 5) is 7.22. The summed E-state index contributed by atoms with van der Waals surface area (Å²) >= 11 is 0. The zero-order valence-electron chi connectivity index (χ0n) is 6.61. The van der Waals surface area contributed by atoms with Crippen LogP contribution in [0.25, 0.3) is 0 Å². The Bertz CT molecular complexity index is 176. The number of imidazole rings is 1. The van der Waals surface area contributed by atoms with Crippen molar-refractivity contribution in [2.24, 2.45) is 0 Å². The summed E-state index contributed by atoms with van der Waals surface area (Å²) in [5.41, 5.74) is 1.07. The SMILES string of the molecule is CCc1nc(C)c[nH]1.[Cl-].[Na+]. The average Bonchev–Trinajstić information content (AvgIpc) is 2.14. The summed E-state index contributed by atoms with van der Waals surface area (Å²) in [6.07, 6.45) is 2.91. The summed E-state index contributed by atoms with van der Waals surface area (Å²) in [7, 11) is 0. The van der Waals surface area contributed by atoms with Gasteiger partial charge >= 0.3 is 29.6 Å². The third kappa shape index (κ3) is 3.62. The van der Waals surface area contributed by atoms with Gasteiger partial charge in [0, 0.05) is 12.6 Å². The van der Waals surface area contributed by atoms with Crippen molar-refractivity contribution in [2.45, 2.75) is 20.3 Å². The van der Waals surface area contributed by atoms with Crippen LogP contribution in [0.15, 0.2) is 6.20 Å². The smallest absolute Gasteiger partial charge is 1.00 e. The predicted octanol–water partition coefficient (Wildman–Crippen LogP) is -4.71. The number of aryl methyl sites for hydroxylation is 2. The fourth-order valence-corrected chi connectivity index (χ4v) is 0.646. The van der Waals surface area contributed by atoms with Crippen molar-refractivity contribution in [3.05, 3.63) is 17.7 Å². The number of aromatic nitrogens is 2. The molecule has 0 aliphatic heterocycles. The quantitative estimate of drug-likeness (QED) is 0.420. The summed E-state index contributed by atoms with van der Waals surface area (Å²) in [5.74, 6) is 1.07. The van der Waals surface area contributed by atoms with Crippen molar-refractivity contribution >= 4 is 0 Å². The van der Waals surface area contributed by atoms with Gasteiger partial charge in [0.1, 0.15) is 5.82 Å². The summed E-state index contributed by atoms with van der Waals surface area (Å²) in [5, 5.41) is 0. The van der Waals surface area contributed by atoms with Gasteiger partial charge < -0.3 is 17.4 Å². The maximum absolute atomic E-state index is 4.17. The van der Waals surface area contributed by atoms with Crippen LogP contribution in [-0.4, -0.2) is 9.97 Å². The van der Waals surface area contributed by atoms with E-state index in [4.69, 9.17) is 0 Å². The molecule has 2 nitrogen and oxygen atoms in total. The summed E-state index contributed by atoms with van der Waals surface area (Å²) in [6.45, 7) is 4.06. The molecule has 0 saturated carbocycles. The van der Waals surface area contributed by atoms with E-state index in [0.29, 0.717) is 0 Å². The van der Waals surface area contributed by atoms with Crippen molar-refractivity contribution in [3.8, 4) is 0 Å². The molecule has 1 N–H and O–H groups in total. The molecule has 0 aromatic carbocycles. The van der Waals surface area contributed by atoms with Gasteiger partial charge in [0.2, 0.25) is 0 Å². The molecule has 0 unspecified atom stereocenters. The zero-order valence-corrected chi connectivity index (χ0v) is 9.37. The van der Waals surface area contributed by atoms with Gasteiger partial charge in [0.15, 0.2) is 0 Å². The van der Waals surface area contributed by atoms with E-state index in [2.05, 4.69) is 16.9 Å². The van der Waals surface area contributed by atoms with Crippen molar-refractivity contribution in [1.29, 1.82) is 0 Å². The Morgan fingerprint density at radius 1 is 1.60 bits per heavy atom. The van der Waals surface area contributed by atoms with Crippen LogP contribution in [0.4, 0.5) is 0 Å². The van der Waals surface area contributed by atoms with Gasteiger partial charge in [-0.15, -0.1) is 0 Å². The molecule has 0 radical (unpaired) electrons. The first-order chi connectivity index (χ1) is 3.83. The molecule has 0 spiro atoms. The average molecular weight is 169 g/mol. The molecule has 52 valence electrons. The van der Waals surface area contributed by atoms with Crippen molar-refractivity contribution < 1.29 is 42.0 Å². The molecule has 0 aliphatic rings. The van der Waals surface area contributed by atoms with Crippen molar-refractivity contribution in [1.82, 2.24) is 9.97 Å². The van der Waals surface area contributed by atoms with Gasteiger partial charge in [-0.25, -0.2) is 4.98 Å². The number of hydrogen-bond acceptors (Lipinski definition) is 1. The maximum atomic E-state index is 4.17. The fourth-order valence-electron chi connectivity index (χ4n) is 0.646. The molecule has 0 aliphatic carbocycles. The molecule has 0 saturated heterocycles. The van der Waals surface area contributed by atoms with Crippen LogP contribution >= 0.6 is 0 Å². The molecule has 1 heterocycles. The van der Waals surface area contributed by atoms with E-state index < -0.39 is 0 Å². The second kappa shape index (κ2) is 6.23. The van der Waals surface area contributed by atoms with E-state index >= 15 is 0 Å². The Labute approximate surface area is 89.5 Å². The Morgan fingerprint density at radius 3 is 2.40 bits per heavy atom. The summed E-state index contributed by atoms with van der Waals surface area (Å²) in [6, 6.07) is 0. The first-order valence-electron chi connectivity index (χ1n) is 2.84. The van der Waals surface area contributed by atoms with E-state index in [1.54, 1.807) is 0 Å². The van der Waals surface area contributed by atoms with Crippen LogP contribution in [0, 0.1) is 6.92 Å². The Balaban J connectivity index is 0. The molecular formula is C6H10ClN2Na. The minimum Gasteiger partial charge on any atom is -1.00 e. The predicted molar refractivity (Wildman–Crippen MR) is 32.7 cm³/mol. The van der Waals surface area contributed by atoms with Gasteiger partial charge in [0.25, 0.3) is 0 Å². The second-order valence-corrected chi connectivity index (χ2v) is 1.84. The van der Waals surface area contributed by atoms with Crippen LogP contribution in [0.3, 0.4) is 0 Å². The zero-order chi connectivity index (χ0) is 5.98. The van der Waals surface area contributed by atoms with E-state index in [1.165, 1.54) is 0 Å². The van der Waals surface area contributed by atoms with Crippen molar-refractivity contribution in [2.75, 3.05) is 0 Å². The number of hydrogen-bond donors (Lipinski definition) is 1. The second-order valence-electron chi connectivity index (χ2n) is 1.84. The molecule has 0 amide bonds. The van der Waals surface area contributed by atoms with Crippen LogP contribution in [0.1, 0.15) is 18.4 Å². The van der Waals surface area contributed by atoms with Crippen LogP contribution in [0.5, 0.6) is 0 Å². The molecule has 1 rings (SSSR count). The minimum absolute atomic E-state index is 0. The number of nitrogens with one attached hydrogen (secondary N) is 1. The number of H-pyrrole nitrogens is 1. The van der Waals surface area contributed by atoms with E-state index in [0.717, 1.165) is 17.9 Å². The van der Waals surface area contributed by atoms with Gasteiger partial charge in [0.05, 0.1) is 5.69 Å². The molecule has 0 atom stereocenters. The molecule has 1 aromatic heterocycles.